The monoisotopic (exact) mass is 408 g/mol. The summed E-state index contributed by atoms with van der Waals surface area (Å²) in [5.41, 5.74) is 3.30. The average molecular weight is 408 g/mol. The first-order valence-corrected chi connectivity index (χ1v) is 9.59. The third-order valence-electron chi connectivity index (χ3n) is 4.44. The molecular weight excluding hydrogens is 383 g/mol. The smallest absolute Gasteiger partial charge is 0.246 e. The van der Waals surface area contributed by atoms with E-state index in [1.807, 2.05) is 30.3 Å². The number of rotatable bonds is 7. The van der Waals surface area contributed by atoms with Crippen molar-refractivity contribution in [2.24, 2.45) is 4.99 Å². The molecule has 1 heterocycles. The zero-order valence-corrected chi connectivity index (χ0v) is 17.0. The van der Waals surface area contributed by atoms with Crippen molar-refractivity contribution in [2.75, 3.05) is 12.4 Å². The van der Waals surface area contributed by atoms with Gasteiger partial charge in [0.2, 0.25) is 5.91 Å². The number of aryl methyl sites for hydroxylation is 1. The SMILES string of the molecule is CN=C(NCc1cccc(NC(=O)Cn2cccn2)c1)NCc1ccc(F)c(C)c1. The third-order valence-corrected chi connectivity index (χ3v) is 4.44. The van der Waals surface area contributed by atoms with Crippen LogP contribution in [0.3, 0.4) is 0 Å². The van der Waals surface area contributed by atoms with Gasteiger partial charge < -0.3 is 16.0 Å². The molecule has 0 aliphatic rings. The number of carbonyl (C=O) groups is 1. The standard InChI is InChI=1S/C22H25FN6O/c1-16-11-18(7-8-20(16)23)14-26-22(24-2)25-13-17-5-3-6-19(12-17)28-21(30)15-29-10-4-9-27-29/h3-12H,13-15H2,1-2H3,(H,28,30)(H2,24,25,26). The molecule has 0 aliphatic heterocycles. The van der Waals surface area contributed by atoms with E-state index in [2.05, 4.69) is 26.0 Å². The molecule has 7 nitrogen and oxygen atoms in total. The fourth-order valence-corrected chi connectivity index (χ4v) is 2.91. The Kier molecular flexibility index (Phi) is 7.15. The molecule has 0 saturated carbocycles. The van der Waals surface area contributed by atoms with Crippen LogP contribution >= 0.6 is 0 Å². The van der Waals surface area contributed by atoms with Gasteiger partial charge in [0, 0.05) is 38.2 Å². The largest absolute Gasteiger partial charge is 0.352 e. The Labute approximate surface area is 175 Å². The van der Waals surface area contributed by atoms with Gasteiger partial charge in [-0.05, 0) is 47.9 Å². The van der Waals surface area contributed by atoms with E-state index in [0.717, 1.165) is 16.8 Å². The molecule has 30 heavy (non-hydrogen) atoms. The molecule has 1 amide bonds. The Morgan fingerprint density at radius 2 is 1.87 bits per heavy atom. The van der Waals surface area contributed by atoms with Gasteiger partial charge >= 0.3 is 0 Å². The predicted molar refractivity (Wildman–Crippen MR) is 115 cm³/mol. The van der Waals surface area contributed by atoms with Gasteiger partial charge in [-0.2, -0.15) is 5.10 Å². The van der Waals surface area contributed by atoms with E-state index in [0.29, 0.717) is 24.6 Å². The van der Waals surface area contributed by atoms with Crippen molar-refractivity contribution in [1.82, 2.24) is 20.4 Å². The number of aromatic nitrogens is 2. The summed E-state index contributed by atoms with van der Waals surface area (Å²) < 4.78 is 15.0. The van der Waals surface area contributed by atoms with Crippen LogP contribution in [0.2, 0.25) is 0 Å². The highest BCUT2D eigenvalue weighted by Crippen LogP contribution is 2.11. The van der Waals surface area contributed by atoms with Gasteiger partial charge in [0.15, 0.2) is 5.96 Å². The van der Waals surface area contributed by atoms with E-state index in [-0.39, 0.29) is 18.3 Å². The zero-order chi connectivity index (χ0) is 21.3. The number of carbonyl (C=O) groups excluding carboxylic acids is 1. The minimum Gasteiger partial charge on any atom is -0.352 e. The van der Waals surface area contributed by atoms with Crippen molar-refractivity contribution in [3.63, 3.8) is 0 Å². The van der Waals surface area contributed by atoms with Crippen molar-refractivity contribution in [3.05, 3.63) is 83.4 Å². The maximum absolute atomic E-state index is 13.4. The van der Waals surface area contributed by atoms with Crippen LogP contribution in [-0.4, -0.2) is 28.7 Å². The molecule has 2 aromatic carbocycles. The number of halogens is 1. The van der Waals surface area contributed by atoms with Crippen molar-refractivity contribution in [1.29, 1.82) is 0 Å². The molecule has 0 unspecified atom stereocenters. The number of hydrogen-bond acceptors (Lipinski definition) is 3. The number of nitrogens with one attached hydrogen (secondary N) is 3. The number of anilines is 1. The highest BCUT2D eigenvalue weighted by Gasteiger charge is 2.05. The second-order valence-electron chi connectivity index (χ2n) is 6.82. The van der Waals surface area contributed by atoms with Gasteiger partial charge in [0.05, 0.1) is 0 Å². The average Bonchev–Trinajstić information content (AvgIpc) is 3.24. The Hall–Kier alpha value is -3.68. The number of benzene rings is 2. The molecule has 8 heteroatoms. The quantitative estimate of drug-likeness (QED) is 0.415. The predicted octanol–water partition coefficient (Wildman–Crippen LogP) is 2.83. The molecule has 0 radical (unpaired) electrons. The second kappa shape index (κ2) is 10.2. The first-order valence-electron chi connectivity index (χ1n) is 9.59. The summed E-state index contributed by atoms with van der Waals surface area (Å²) >= 11 is 0. The molecule has 3 N–H and O–H groups in total. The molecule has 0 atom stereocenters. The van der Waals surface area contributed by atoms with Crippen LogP contribution in [-0.2, 0) is 24.4 Å². The minimum atomic E-state index is -0.210. The lowest BCUT2D eigenvalue weighted by molar-refractivity contribution is -0.116. The number of guanidine groups is 1. The van der Waals surface area contributed by atoms with Crippen molar-refractivity contribution in [3.8, 4) is 0 Å². The van der Waals surface area contributed by atoms with Gasteiger partial charge in [0.25, 0.3) is 0 Å². The third kappa shape index (κ3) is 6.16. The number of nitrogens with zero attached hydrogens (tertiary/aromatic N) is 3. The van der Waals surface area contributed by atoms with Crippen LogP contribution in [0.1, 0.15) is 16.7 Å². The van der Waals surface area contributed by atoms with Gasteiger partial charge in [-0.3, -0.25) is 14.5 Å². The van der Waals surface area contributed by atoms with E-state index in [4.69, 9.17) is 0 Å². The summed E-state index contributed by atoms with van der Waals surface area (Å²) in [5.74, 6) is 0.277. The molecule has 3 rings (SSSR count). The number of aliphatic imine (C=N–C) groups is 1. The second-order valence-corrected chi connectivity index (χ2v) is 6.82. The lowest BCUT2D eigenvalue weighted by Gasteiger charge is -2.13. The molecule has 0 aliphatic carbocycles. The number of amides is 1. The molecule has 0 bridgehead atoms. The highest BCUT2D eigenvalue weighted by atomic mass is 19.1. The lowest BCUT2D eigenvalue weighted by Crippen LogP contribution is -2.36. The van der Waals surface area contributed by atoms with E-state index in [1.165, 1.54) is 6.07 Å². The Bertz CT molecular complexity index is 1020. The van der Waals surface area contributed by atoms with Crippen LogP contribution in [0.4, 0.5) is 10.1 Å². The van der Waals surface area contributed by atoms with Gasteiger partial charge in [-0.15, -0.1) is 0 Å². The molecule has 0 fully saturated rings. The summed E-state index contributed by atoms with van der Waals surface area (Å²) in [7, 11) is 1.69. The van der Waals surface area contributed by atoms with Crippen LogP contribution < -0.4 is 16.0 Å². The Morgan fingerprint density at radius 3 is 2.53 bits per heavy atom. The van der Waals surface area contributed by atoms with Crippen LogP contribution in [0.5, 0.6) is 0 Å². The van der Waals surface area contributed by atoms with Crippen molar-refractivity contribution in [2.45, 2.75) is 26.6 Å². The van der Waals surface area contributed by atoms with Crippen molar-refractivity contribution < 1.29 is 9.18 Å². The minimum absolute atomic E-state index is 0.143. The van der Waals surface area contributed by atoms with E-state index in [1.54, 1.807) is 43.2 Å². The summed E-state index contributed by atoms with van der Waals surface area (Å²) in [4.78, 5) is 16.3. The first kappa shape index (κ1) is 21.0. The van der Waals surface area contributed by atoms with Gasteiger partial charge in [-0.25, -0.2) is 4.39 Å². The zero-order valence-electron chi connectivity index (χ0n) is 17.0. The maximum Gasteiger partial charge on any atom is 0.246 e. The maximum atomic E-state index is 13.4. The summed E-state index contributed by atoms with van der Waals surface area (Å²) in [6.45, 7) is 2.97. The fraction of sp³-hybridized carbons (Fsp3) is 0.227. The molecule has 0 spiro atoms. The summed E-state index contributed by atoms with van der Waals surface area (Å²) in [6, 6.07) is 14.4. The topological polar surface area (TPSA) is 83.3 Å². The molecule has 3 aromatic rings. The van der Waals surface area contributed by atoms with Gasteiger partial charge in [0.1, 0.15) is 12.4 Å². The fourth-order valence-electron chi connectivity index (χ4n) is 2.91. The molecular formula is C22H25FN6O. The normalized spacial score (nSPS) is 11.2. The van der Waals surface area contributed by atoms with Crippen LogP contribution in [0.25, 0.3) is 0 Å². The number of hydrogen-bond donors (Lipinski definition) is 3. The first-order chi connectivity index (χ1) is 14.5. The summed E-state index contributed by atoms with van der Waals surface area (Å²) in [6.07, 6.45) is 3.38. The molecule has 156 valence electrons. The Balaban J connectivity index is 1.50. The highest BCUT2D eigenvalue weighted by molar-refractivity contribution is 5.90. The Morgan fingerprint density at radius 1 is 1.10 bits per heavy atom. The van der Waals surface area contributed by atoms with Gasteiger partial charge in [-0.1, -0.05) is 24.3 Å². The van der Waals surface area contributed by atoms with Crippen molar-refractivity contribution >= 4 is 17.6 Å². The molecule has 1 aromatic heterocycles. The molecule has 0 saturated heterocycles. The summed E-state index contributed by atoms with van der Waals surface area (Å²) in [5, 5.41) is 13.4. The van der Waals surface area contributed by atoms with Crippen LogP contribution in [0, 0.1) is 12.7 Å². The van der Waals surface area contributed by atoms with E-state index >= 15 is 0 Å². The van der Waals surface area contributed by atoms with E-state index in [9.17, 15) is 9.18 Å². The lowest BCUT2D eigenvalue weighted by atomic mass is 10.1. The van der Waals surface area contributed by atoms with Crippen LogP contribution in [0.15, 0.2) is 65.9 Å². The van der Waals surface area contributed by atoms with E-state index < -0.39 is 0 Å².